The number of nitrogens with one attached hydrogen (secondary N) is 1. The highest BCUT2D eigenvalue weighted by atomic mass is 16.5. The number of rotatable bonds is 4. The van der Waals surface area contributed by atoms with E-state index in [-0.39, 0.29) is 23.5 Å². The van der Waals surface area contributed by atoms with Crippen LogP contribution in [-0.4, -0.2) is 36.2 Å². The number of furan rings is 1. The molecule has 1 fully saturated rings. The zero-order valence-corrected chi connectivity index (χ0v) is 9.30. The van der Waals surface area contributed by atoms with Crippen LogP contribution in [0.2, 0.25) is 0 Å². The number of aromatic carboxylic acids is 1. The first-order chi connectivity index (χ1) is 8.10. The van der Waals surface area contributed by atoms with Crippen LogP contribution in [-0.2, 0) is 4.74 Å². The largest absolute Gasteiger partial charge is 0.478 e. The second-order valence-corrected chi connectivity index (χ2v) is 4.00. The first-order valence-electron chi connectivity index (χ1n) is 5.25. The van der Waals surface area contributed by atoms with Crippen LogP contribution in [0.3, 0.4) is 0 Å². The molecule has 0 saturated heterocycles. The summed E-state index contributed by atoms with van der Waals surface area (Å²) in [7, 11) is 1.63. The Morgan fingerprint density at radius 3 is 2.76 bits per heavy atom. The van der Waals surface area contributed by atoms with E-state index < -0.39 is 11.9 Å². The molecule has 6 nitrogen and oxygen atoms in total. The van der Waals surface area contributed by atoms with Gasteiger partial charge in [-0.05, 0) is 12.8 Å². The number of amides is 1. The Hall–Kier alpha value is -1.82. The Morgan fingerprint density at radius 2 is 2.24 bits per heavy atom. The van der Waals surface area contributed by atoms with Gasteiger partial charge in [-0.15, -0.1) is 0 Å². The van der Waals surface area contributed by atoms with Crippen molar-refractivity contribution in [3.63, 3.8) is 0 Å². The Labute approximate surface area is 97.6 Å². The zero-order chi connectivity index (χ0) is 12.4. The Bertz CT molecular complexity index is 433. The van der Waals surface area contributed by atoms with Gasteiger partial charge in [0, 0.05) is 19.2 Å². The average molecular weight is 239 g/mol. The van der Waals surface area contributed by atoms with Crippen LogP contribution >= 0.6 is 0 Å². The molecular formula is C11H13NO5. The first kappa shape index (κ1) is 11.7. The van der Waals surface area contributed by atoms with Gasteiger partial charge >= 0.3 is 5.97 Å². The highest BCUT2D eigenvalue weighted by molar-refractivity contribution is 5.95. The number of hydrogen-bond acceptors (Lipinski definition) is 4. The fraction of sp³-hybridized carbons (Fsp3) is 0.455. The number of carbonyl (C=O) groups excluding carboxylic acids is 1. The van der Waals surface area contributed by atoms with Gasteiger partial charge < -0.3 is 19.6 Å². The standard InChI is InChI=1S/C11H13NO5/c1-16-8-3-7(4-8)12-10(13)9-2-6(5-17-9)11(14)15/h2,5,7-8H,3-4H2,1H3,(H,12,13)(H,14,15). The Morgan fingerprint density at radius 1 is 1.53 bits per heavy atom. The molecule has 92 valence electrons. The number of carboxylic acid groups (broad SMARTS) is 1. The summed E-state index contributed by atoms with van der Waals surface area (Å²) in [5, 5.41) is 11.4. The SMILES string of the molecule is COC1CC(NC(=O)c2cc(C(=O)O)co2)C1. The third kappa shape index (κ3) is 2.47. The molecule has 0 radical (unpaired) electrons. The maximum Gasteiger partial charge on any atom is 0.338 e. The van der Waals surface area contributed by atoms with E-state index in [9.17, 15) is 9.59 Å². The minimum Gasteiger partial charge on any atom is -0.478 e. The average Bonchev–Trinajstić information content (AvgIpc) is 2.71. The van der Waals surface area contributed by atoms with E-state index in [0.29, 0.717) is 0 Å². The summed E-state index contributed by atoms with van der Waals surface area (Å²) < 4.78 is 9.97. The lowest BCUT2D eigenvalue weighted by molar-refractivity contribution is 0.0172. The summed E-state index contributed by atoms with van der Waals surface area (Å²) >= 11 is 0. The molecule has 0 spiro atoms. The molecule has 1 aliphatic carbocycles. The van der Waals surface area contributed by atoms with E-state index in [1.54, 1.807) is 7.11 Å². The number of carbonyl (C=O) groups is 2. The molecule has 0 bridgehead atoms. The monoisotopic (exact) mass is 239 g/mol. The fourth-order valence-corrected chi connectivity index (χ4v) is 1.70. The smallest absolute Gasteiger partial charge is 0.338 e. The molecule has 1 aromatic rings. The van der Waals surface area contributed by atoms with Crippen molar-refractivity contribution in [3.8, 4) is 0 Å². The predicted octanol–water partition coefficient (Wildman–Crippen LogP) is 0.885. The summed E-state index contributed by atoms with van der Waals surface area (Å²) in [6.07, 6.45) is 2.80. The number of carboxylic acids is 1. The Balaban J connectivity index is 1.89. The quantitative estimate of drug-likeness (QED) is 0.814. The van der Waals surface area contributed by atoms with Gasteiger partial charge in [-0.25, -0.2) is 4.79 Å². The molecule has 0 aliphatic heterocycles. The summed E-state index contributed by atoms with van der Waals surface area (Å²) in [6, 6.07) is 1.29. The second-order valence-electron chi connectivity index (χ2n) is 4.00. The van der Waals surface area contributed by atoms with E-state index in [1.807, 2.05) is 0 Å². The molecule has 1 heterocycles. The molecule has 6 heteroatoms. The van der Waals surface area contributed by atoms with Crippen LogP contribution in [0.15, 0.2) is 16.7 Å². The number of ether oxygens (including phenoxy) is 1. The van der Waals surface area contributed by atoms with Crippen molar-refractivity contribution < 1.29 is 23.8 Å². The lowest BCUT2D eigenvalue weighted by Crippen LogP contribution is -2.47. The maximum atomic E-state index is 11.6. The van der Waals surface area contributed by atoms with Gasteiger partial charge in [-0.1, -0.05) is 0 Å². The van der Waals surface area contributed by atoms with Crippen molar-refractivity contribution in [1.29, 1.82) is 0 Å². The highest BCUT2D eigenvalue weighted by Gasteiger charge is 2.31. The second kappa shape index (κ2) is 4.58. The van der Waals surface area contributed by atoms with Gasteiger partial charge in [-0.3, -0.25) is 4.79 Å². The molecule has 1 aliphatic rings. The number of hydrogen-bond donors (Lipinski definition) is 2. The summed E-state index contributed by atoms with van der Waals surface area (Å²) in [5.41, 5.74) is -0.0291. The van der Waals surface area contributed by atoms with Crippen LogP contribution < -0.4 is 5.32 Å². The van der Waals surface area contributed by atoms with Crippen molar-refractivity contribution >= 4 is 11.9 Å². The summed E-state index contributed by atoms with van der Waals surface area (Å²) in [6.45, 7) is 0. The molecular weight excluding hydrogens is 226 g/mol. The van der Waals surface area contributed by atoms with E-state index >= 15 is 0 Å². The molecule has 0 unspecified atom stereocenters. The lowest BCUT2D eigenvalue weighted by Gasteiger charge is -2.34. The van der Waals surface area contributed by atoms with Crippen molar-refractivity contribution in [2.75, 3.05) is 7.11 Å². The molecule has 1 amide bonds. The van der Waals surface area contributed by atoms with Gasteiger partial charge in [-0.2, -0.15) is 0 Å². The molecule has 17 heavy (non-hydrogen) atoms. The van der Waals surface area contributed by atoms with E-state index in [1.165, 1.54) is 6.07 Å². The van der Waals surface area contributed by atoms with Gasteiger partial charge in [0.2, 0.25) is 0 Å². The van der Waals surface area contributed by atoms with Crippen molar-refractivity contribution in [3.05, 3.63) is 23.7 Å². The lowest BCUT2D eigenvalue weighted by atomic mass is 9.89. The minimum atomic E-state index is -1.11. The maximum absolute atomic E-state index is 11.6. The van der Waals surface area contributed by atoms with Crippen LogP contribution in [0.4, 0.5) is 0 Å². The molecule has 1 saturated carbocycles. The van der Waals surface area contributed by atoms with Gasteiger partial charge in [0.05, 0.1) is 11.7 Å². The van der Waals surface area contributed by atoms with Crippen molar-refractivity contribution in [2.24, 2.45) is 0 Å². The molecule has 1 aromatic heterocycles. The fourth-order valence-electron chi connectivity index (χ4n) is 1.70. The van der Waals surface area contributed by atoms with Crippen LogP contribution in [0.5, 0.6) is 0 Å². The summed E-state index contributed by atoms with van der Waals surface area (Å²) in [5.74, 6) is -1.49. The third-order valence-electron chi connectivity index (χ3n) is 2.83. The van der Waals surface area contributed by atoms with Crippen molar-refractivity contribution in [1.82, 2.24) is 5.32 Å². The van der Waals surface area contributed by atoms with Gasteiger partial charge in [0.15, 0.2) is 5.76 Å². The van der Waals surface area contributed by atoms with E-state index in [0.717, 1.165) is 19.1 Å². The third-order valence-corrected chi connectivity index (χ3v) is 2.83. The minimum absolute atomic E-state index is 0.0169. The van der Waals surface area contributed by atoms with Crippen molar-refractivity contribution in [2.45, 2.75) is 25.0 Å². The van der Waals surface area contributed by atoms with Gasteiger partial charge in [0.25, 0.3) is 5.91 Å². The zero-order valence-electron chi connectivity index (χ0n) is 9.30. The first-order valence-corrected chi connectivity index (χ1v) is 5.25. The highest BCUT2D eigenvalue weighted by Crippen LogP contribution is 2.23. The molecule has 2 N–H and O–H groups in total. The van der Waals surface area contributed by atoms with E-state index in [4.69, 9.17) is 14.3 Å². The van der Waals surface area contributed by atoms with E-state index in [2.05, 4.69) is 5.32 Å². The van der Waals surface area contributed by atoms with Crippen LogP contribution in [0.25, 0.3) is 0 Å². The molecule has 0 atom stereocenters. The topological polar surface area (TPSA) is 88.8 Å². The number of methoxy groups -OCH3 is 1. The van der Waals surface area contributed by atoms with Crippen LogP contribution in [0, 0.1) is 0 Å². The predicted molar refractivity (Wildman–Crippen MR) is 57.0 cm³/mol. The van der Waals surface area contributed by atoms with Crippen LogP contribution in [0.1, 0.15) is 33.8 Å². The normalized spacial score (nSPS) is 22.9. The Kier molecular flexibility index (Phi) is 3.14. The molecule has 2 rings (SSSR count). The molecule has 0 aromatic carbocycles. The van der Waals surface area contributed by atoms with Gasteiger partial charge in [0.1, 0.15) is 6.26 Å². The summed E-state index contributed by atoms with van der Waals surface area (Å²) in [4.78, 5) is 22.2.